The molecule has 0 aliphatic carbocycles. The molecule has 0 spiro atoms. The fourth-order valence-corrected chi connectivity index (χ4v) is 2.68. The number of benzene rings is 1. The van der Waals surface area contributed by atoms with Gasteiger partial charge in [0.2, 0.25) is 12.7 Å². The van der Waals surface area contributed by atoms with Crippen LogP contribution in [0.1, 0.15) is 18.9 Å². The Balaban J connectivity index is 1.56. The molecule has 0 unspecified atom stereocenters. The van der Waals surface area contributed by atoms with E-state index in [2.05, 4.69) is 11.0 Å². The normalized spacial score (nSPS) is 18.4. The van der Waals surface area contributed by atoms with Crippen LogP contribution in [0.4, 0.5) is 0 Å². The Morgan fingerprint density at radius 2 is 1.90 bits per heavy atom. The maximum atomic E-state index is 11.6. The van der Waals surface area contributed by atoms with Crippen LogP contribution < -0.4 is 9.47 Å². The maximum Gasteiger partial charge on any atom is 0.231 e. The number of nitrogens with zero attached hydrogens (tertiary/aromatic N) is 2. The monoisotopic (exact) mass is 276 g/mol. The molecule has 2 heterocycles. The number of carbonyl (C=O) groups excluding carboxylic acids is 1. The number of piperazine rings is 1. The van der Waals surface area contributed by atoms with Crippen molar-refractivity contribution >= 4 is 5.91 Å². The van der Waals surface area contributed by atoms with Crippen LogP contribution in [0.5, 0.6) is 11.5 Å². The van der Waals surface area contributed by atoms with Gasteiger partial charge in [0.1, 0.15) is 0 Å². The molecule has 0 saturated carbocycles. The summed E-state index contributed by atoms with van der Waals surface area (Å²) < 4.78 is 10.7. The number of rotatable bonds is 3. The maximum absolute atomic E-state index is 11.6. The molecule has 20 heavy (non-hydrogen) atoms. The number of fused-ring (bicyclic) bond motifs is 1. The molecule has 0 atom stereocenters. The summed E-state index contributed by atoms with van der Waals surface area (Å²) in [6.07, 6.45) is 0.599. The zero-order chi connectivity index (χ0) is 13.9. The molecule has 0 aromatic heterocycles. The average molecular weight is 276 g/mol. The van der Waals surface area contributed by atoms with Gasteiger partial charge in [0, 0.05) is 39.1 Å². The molecule has 1 amide bonds. The minimum Gasteiger partial charge on any atom is -0.454 e. The number of hydrogen-bond donors (Lipinski definition) is 0. The third-order valence-corrected chi connectivity index (χ3v) is 3.87. The Labute approximate surface area is 119 Å². The first-order valence-electron chi connectivity index (χ1n) is 7.15. The van der Waals surface area contributed by atoms with Crippen molar-refractivity contribution in [3.63, 3.8) is 0 Å². The fraction of sp³-hybridized carbons (Fsp3) is 0.533. The van der Waals surface area contributed by atoms with Gasteiger partial charge in [-0.05, 0) is 17.7 Å². The molecule has 0 N–H and O–H groups in total. The first-order chi connectivity index (χ1) is 9.76. The highest BCUT2D eigenvalue weighted by Gasteiger charge is 2.20. The van der Waals surface area contributed by atoms with Crippen LogP contribution in [0.25, 0.3) is 0 Å². The van der Waals surface area contributed by atoms with Gasteiger partial charge in [-0.1, -0.05) is 13.0 Å². The minimum atomic E-state index is 0.257. The van der Waals surface area contributed by atoms with Gasteiger partial charge in [0.05, 0.1) is 0 Å². The summed E-state index contributed by atoms with van der Waals surface area (Å²) in [5.74, 6) is 1.92. The van der Waals surface area contributed by atoms with Gasteiger partial charge < -0.3 is 14.4 Å². The third-order valence-electron chi connectivity index (χ3n) is 3.87. The number of carbonyl (C=O) groups is 1. The second-order valence-electron chi connectivity index (χ2n) is 5.20. The summed E-state index contributed by atoms with van der Waals surface area (Å²) in [4.78, 5) is 16.0. The first kappa shape index (κ1) is 13.2. The number of amides is 1. The lowest BCUT2D eigenvalue weighted by Gasteiger charge is -2.34. The molecule has 1 saturated heterocycles. The zero-order valence-corrected chi connectivity index (χ0v) is 11.8. The molecule has 2 aliphatic heterocycles. The molecular formula is C15H20N2O3. The van der Waals surface area contributed by atoms with E-state index < -0.39 is 0 Å². The first-order valence-corrected chi connectivity index (χ1v) is 7.15. The van der Waals surface area contributed by atoms with E-state index in [4.69, 9.17) is 9.47 Å². The molecule has 2 aliphatic rings. The van der Waals surface area contributed by atoms with Gasteiger partial charge in [-0.2, -0.15) is 0 Å². The van der Waals surface area contributed by atoms with Crippen molar-refractivity contribution in [3.8, 4) is 11.5 Å². The van der Waals surface area contributed by atoms with Crippen LogP contribution in [-0.4, -0.2) is 48.7 Å². The largest absolute Gasteiger partial charge is 0.454 e. The molecule has 1 aromatic rings. The van der Waals surface area contributed by atoms with Crippen LogP contribution >= 0.6 is 0 Å². The Morgan fingerprint density at radius 3 is 2.65 bits per heavy atom. The van der Waals surface area contributed by atoms with Crippen molar-refractivity contribution in [1.29, 1.82) is 0 Å². The van der Waals surface area contributed by atoms with Gasteiger partial charge >= 0.3 is 0 Å². The molecule has 5 heteroatoms. The molecule has 1 fully saturated rings. The second kappa shape index (κ2) is 5.71. The lowest BCUT2D eigenvalue weighted by atomic mass is 10.1. The molecule has 0 radical (unpaired) electrons. The van der Waals surface area contributed by atoms with Crippen LogP contribution in [0.3, 0.4) is 0 Å². The Morgan fingerprint density at radius 1 is 1.15 bits per heavy atom. The van der Waals surface area contributed by atoms with Crippen LogP contribution in [-0.2, 0) is 11.3 Å². The van der Waals surface area contributed by atoms with Crippen molar-refractivity contribution < 1.29 is 14.3 Å². The quantitative estimate of drug-likeness (QED) is 0.838. The van der Waals surface area contributed by atoms with Crippen molar-refractivity contribution in [3.05, 3.63) is 23.8 Å². The van der Waals surface area contributed by atoms with E-state index in [9.17, 15) is 4.79 Å². The predicted molar refractivity (Wildman–Crippen MR) is 74.7 cm³/mol. The Hall–Kier alpha value is -1.75. The van der Waals surface area contributed by atoms with Gasteiger partial charge in [0.25, 0.3) is 0 Å². The van der Waals surface area contributed by atoms with E-state index in [0.29, 0.717) is 13.2 Å². The third kappa shape index (κ3) is 2.72. The average Bonchev–Trinajstić information content (AvgIpc) is 2.95. The highest BCUT2D eigenvalue weighted by molar-refractivity contribution is 5.75. The summed E-state index contributed by atoms with van der Waals surface area (Å²) in [5.41, 5.74) is 1.23. The molecule has 0 bridgehead atoms. The summed E-state index contributed by atoms with van der Waals surface area (Å²) in [7, 11) is 0. The highest BCUT2D eigenvalue weighted by atomic mass is 16.7. The lowest BCUT2D eigenvalue weighted by Crippen LogP contribution is -2.48. The van der Waals surface area contributed by atoms with Gasteiger partial charge in [-0.25, -0.2) is 0 Å². The molecular weight excluding hydrogens is 256 g/mol. The SMILES string of the molecule is CCC(=O)N1CCN(Cc2ccc3c(c2)OCO3)CC1. The van der Waals surface area contributed by atoms with E-state index in [1.54, 1.807) is 0 Å². The second-order valence-corrected chi connectivity index (χ2v) is 5.20. The fourth-order valence-electron chi connectivity index (χ4n) is 2.68. The van der Waals surface area contributed by atoms with E-state index in [1.807, 2.05) is 24.0 Å². The van der Waals surface area contributed by atoms with Crippen LogP contribution in [0.2, 0.25) is 0 Å². The predicted octanol–water partition coefficient (Wildman–Crippen LogP) is 1.47. The number of ether oxygens (including phenoxy) is 2. The summed E-state index contributed by atoms with van der Waals surface area (Å²) >= 11 is 0. The van der Waals surface area contributed by atoms with Crippen LogP contribution in [0, 0.1) is 0 Å². The molecule has 108 valence electrons. The Bertz CT molecular complexity index is 496. The van der Waals surface area contributed by atoms with E-state index >= 15 is 0 Å². The van der Waals surface area contributed by atoms with Gasteiger partial charge in [-0.3, -0.25) is 9.69 Å². The van der Waals surface area contributed by atoms with E-state index in [0.717, 1.165) is 44.2 Å². The van der Waals surface area contributed by atoms with E-state index in [1.165, 1.54) is 5.56 Å². The number of hydrogen-bond acceptors (Lipinski definition) is 4. The lowest BCUT2D eigenvalue weighted by molar-refractivity contribution is -0.132. The molecule has 1 aromatic carbocycles. The summed E-state index contributed by atoms with van der Waals surface area (Å²) in [5, 5.41) is 0. The standard InChI is InChI=1S/C15H20N2O3/c1-2-15(18)17-7-5-16(6-8-17)10-12-3-4-13-14(9-12)20-11-19-13/h3-4,9H,2,5-8,10-11H2,1H3. The minimum absolute atomic E-state index is 0.257. The smallest absolute Gasteiger partial charge is 0.231 e. The summed E-state index contributed by atoms with van der Waals surface area (Å²) in [6, 6.07) is 6.09. The van der Waals surface area contributed by atoms with Crippen LogP contribution in [0.15, 0.2) is 18.2 Å². The topological polar surface area (TPSA) is 42.0 Å². The van der Waals surface area contributed by atoms with Gasteiger partial charge in [-0.15, -0.1) is 0 Å². The summed E-state index contributed by atoms with van der Waals surface area (Å²) in [6.45, 7) is 6.65. The van der Waals surface area contributed by atoms with Crippen molar-refractivity contribution in [2.45, 2.75) is 19.9 Å². The Kier molecular flexibility index (Phi) is 3.78. The van der Waals surface area contributed by atoms with Crippen molar-refractivity contribution in [1.82, 2.24) is 9.80 Å². The molecule has 5 nitrogen and oxygen atoms in total. The molecule has 3 rings (SSSR count). The van der Waals surface area contributed by atoms with Crippen molar-refractivity contribution in [2.75, 3.05) is 33.0 Å². The van der Waals surface area contributed by atoms with Gasteiger partial charge in [0.15, 0.2) is 11.5 Å². The van der Waals surface area contributed by atoms with Crippen molar-refractivity contribution in [2.24, 2.45) is 0 Å². The zero-order valence-electron chi connectivity index (χ0n) is 11.8. The van der Waals surface area contributed by atoms with E-state index in [-0.39, 0.29) is 5.91 Å². The highest BCUT2D eigenvalue weighted by Crippen LogP contribution is 2.32.